The number of nitrogens with two attached hydrogens (primary N) is 1. The normalized spacial score (nSPS) is 15.7. The van der Waals surface area contributed by atoms with Gasteiger partial charge in [0.25, 0.3) is 0 Å². The second kappa shape index (κ2) is 6.18. The zero-order valence-electron chi connectivity index (χ0n) is 12.8. The monoisotopic (exact) mass is 303 g/mol. The number of aromatic nitrogens is 4. The largest absolute Gasteiger partial charge is 0.394 e. The Kier molecular flexibility index (Phi) is 4.10. The molecule has 0 radical (unpaired) electrons. The van der Waals surface area contributed by atoms with Gasteiger partial charge in [-0.1, -0.05) is 0 Å². The van der Waals surface area contributed by atoms with Gasteiger partial charge in [0.05, 0.1) is 29.3 Å². The Morgan fingerprint density at radius 1 is 1.36 bits per heavy atom. The minimum atomic E-state index is 0.392. The summed E-state index contributed by atoms with van der Waals surface area (Å²) in [7, 11) is 1.77. The van der Waals surface area contributed by atoms with Crippen molar-refractivity contribution >= 4 is 23.1 Å². The van der Waals surface area contributed by atoms with Crippen LogP contribution in [0.25, 0.3) is 0 Å². The maximum Gasteiger partial charge on any atom is 0.229 e. The van der Waals surface area contributed by atoms with Crippen LogP contribution in [0.4, 0.5) is 23.1 Å². The summed E-state index contributed by atoms with van der Waals surface area (Å²) in [5.41, 5.74) is 8.11. The van der Waals surface area contributed by atoms with Gasteiger partial charge in [0, 0.05) is 26.5 Å². The highest BCUT2D eigenvalue weighted by atomic mass is 16.5. The first-order chi connectivity index (χ1) is 10.7. The molecule has 22 heavy (non-hydrogen) atoms. The zero-order valence-corrected chi connectivity index (χ0v) is 12.8. The second-order valence-corrected chi connectivity index (χ2v) is 5.32. The van der Waals surface area contributed by atoms with E-state index in [0.717, 1.165) is 37.4 Å². The lowest BCUT2D eigenvalue weighted by molar-refractivity contribution is 0.0662. The molecule has 1 fully saturated rings. The lowest BCUT2D eigenvalue weighted by Crippen LogP contribution is -2.19. The van der Waals surface area contributed by atoms with E-state index in [9.17, 15) is 0 Å². The molecule has 1 saturated heterocycles. The van der Waals surface area contributed by atoms with Crippen molar-refractivity contribution in [1.82, 2.24) is 19.7 Å². The third kappa shape index (κ3) is 2.96. The van der Waals surface area contributed by atoms with Crippen molar-refractivity contribution in [1.29, 1.82) is 0 Å². The number of hydrogen-bond donors (Lipinski definition) is 3. The standard InChI is InChI=1S/C14H21N7O/c1-9-12(8-21(20-9)10-3-5-22-6-4-10)18-14-17-7-11(15)13(16-2)19-14/h7-8,10H,3-6,15H2,1-2H3,(H2,16,17,18,19). The highest BCUT2D eigenvalue weighted by Gasteiger charge is 2.18. The molecule has 8 nitrogen and oxygen atoms in total. The Labute approximate surface area is 129 Å². The summed E-state index contributed by atoms with van der Waals surface area (Å²) in [6.07, 6.45) is 5.56. The fourth-order valence-electron chi connectivity index (χ4n) is 2.51. The van der Waals surface area contributed by atoms with E-state index in [-0.39, 0.29) is 0 Å². The Balaban J connectivity index is 1.79. The predicted octanol–water partition coefficient (Wildman–Crippen LogP) is 1.70. The number of anilines is 4. The van der Waals surface area contributed by atoms with Crippen molar-refractivity contribution in [2.24, 2.45) is 0 Å². The summed E-state index contributed by atoms with van der Waals surface area (Å²) in [4.78, 5) is 8.53. The number of ether oxygens (including phenoxy) is 1. The molecular formula is C14H21N7O. The van der Waals surface area contributed by atoms with Gasteiger partial charge in [-0.2, -0.15) is 10.1 Å². The van der Waals surface area contributed by atoms with Crippen LogP contribution in [-0.4, -0.2) is 40.0 Å². The van der Waals surface area contributed by atoms with Crippen LogP contribution in [0.5, 0.6) is 0 Å². The first-order valence-electron chi connectivity index (χ1n) is 7.38. The summed E-state index contributed by atoms with van der Waals surface area (Å²) in [6, 6.07) is 0.392. The van der Waals surface area contributed by atoms with Crippen molar-refractivity contribution in [2.45, 2.75) is 25.8 Å². The Bertz CT molecular complexity index is 649. The van der Waals surface area contributed by atoms with E-state index in [4.69, 9.17) is 10.5 Å². The van der Waals surface area contributed by atoms with E-state index >= 15 is 0 Å². The predicted molar refractivity (Wildman–Crippen MR) is 85.3 cm³/mol. The SMILES string of the molecule is CNc1nc(Nc2cn(C3CCOCC3)nc2C)ncc1N. The summed E-state index contributed by atoms with van der Waals surface area (Å²) in [6.45, 7) is 3.55. The minimum absolute atomic E-state index is 0.392. The molecule has 3 heterocycles. The van der Waals surface area contributed by atoms with Crippen LogP contribution >= 0.6 is 0 Å². The lowest BCUT2D eigenvalue weighted by Gasteiger charge is -2.22. The van der Waals surface area contributed by atoms with E-state index in [0.29, 0.717) is 23.5 Å². The maximum atomic E-state index is 5.78. The molecule has 0 aromatic carbocycles. The molecule has 0 bridgehead atoms. The Hall–Kier alpha value is -2.35. The van der Waals surface area contributed by atoms with Crippen LogP contribution in [0.3, 0.4) is 0 Å². The first-order valence-corrected chi connectivity index (χ1v) is 7.38. The second-order valence-electron chi connectivity index (χ2n) is 5.32. The van der Waals surface area contributed by atoms with Crippen LogP contribution in [-0.2, 0) is 4.74 Å². The first kappa shape index (κ1) is 14.6. The summed E-state index contributed by atoms with van der Waals surface area (Å²) in [5, 5.41) is 10.7. The molecule has 118 valence electrons. The zero-order chi connectivity index (χ0) is 15.5. The van der Waals surface area contributed by atoms with Gasteiger partial charge in [0.2, 0.25) is 5.95 Å². The van der Waals surface area contributed by atoms with Crippen molar-refractivity contribution in [3.05, 3.63) is 18.1 Å². The van der Waals surface area contributed by atoms with Crippen molar-refractivity contribution in [3.63, 3.8) is 0 Å². The van der Waals surface area contributed by atoms with E-state index in [1.807, 2.05) is 17.8 Å². The molecule has 0 saturated carbocycles. The fraction of sp³-hybridized carbons (Fsp3) is 0.500. The average Bonchev–Trinajstić information content (AvgIpc) is 2.91. The molecule has 3 rings (SSSR count). The number of nitrogens with zero attached hydrogens (tertiary/aromatic N) is 4. The van der Waals surface area contributed by atoms with E-state index in [1.54, 1.807) is 13.2 Å². The number of aryl methyl sites for hydroxylation is 1. The number of nitrogen functional groups attached to an aromatic ring is 1. The van der Waals surface area contributed by atoms with Crippen LogP contribution in [0.1, 0.15) is 24.6 Å². The van der Waals surface area contributed by atoms with Gasteiger partial charge in [-0.05, 0) is 19.8 Å². The van der Waals surface area contributed by atoms with Gasteiger partial charge in [-0.15, -0.1) is 0 Å². The van der Waals surface area contributed by atoms with Gasteiger partial charge in [-0.25, -0.2) is 4.98 Å². The van der Waals surface area contributed by atoms with E-state index < -0.39 is 0 Å². The molecule has 0 atom stereocenters. The summed E-state index contributed by atoms with van der Waals surface area (Å²) < 4.78 is 7.41. The van der Waals surface area contributed by atoms with E-state index in [1.165, 1.54) is 0 Å². The van der Waals surface area contributed by atoms with Crippen LogP contribution in [0.15, 0.2) is 12.4 Å². The highest BCUT2D eigenvalue weighted by molar-refractivity contribution is 5.64. The molecule has 1 aliphatic rings. The fourth-order valence-corrected chi connectivity index (χ4v) is 2.51. The minimum Gasteiger partial charge on any atom is -0.394 e. The average molecular weight is 303 g/mol. The number of nitrogens with one attached hydrogen (secondary N) is 2. The Morgan fingerprint density at radius 2 is 2.14 bits per heavy atom. The van der Waals surface area contributed by atoms with E-state index in [2.05, 4.69) is 25.7 Å². The van der Waals surface area contributed by atoms with Crippen molar-refractivity contribution < 1.29 is 4.74 Å². The molecule has 0 spiro atoms. The Morgan fingerprint density at radius 3 is 2.86 bits per heavy atom. The van der Waals surface area contributed by atoms with Crippen LogP contribution in [0, 0.1) is 6.92 Å². The molecule has 8 heteroatoms. The van der Waals surface area contributed by atoms with Crippen molar-refractivity contribution in [2.75, 3.05) is 36.6 Å². The molecule has 2 aromatic heterocycles. The quantitative estimate of drug-likeness (QED) is 0.790. The van der Waals surface area contributed by atoms with Gasteiger partial charge in [-0.3, -0.25) is 4.68 Å². The van der Waals surface area contributed by atoms with Crippen LogP contribution < -0.4 is 16.4 Å². The van der Waals surface area contributed by atoms with Crippen LogP contribution in [0.2, 0.25) is 0 Å². The third-order valence-corrected chi connectivity index (χ3v) is 3.78. The molecular weight excluding hydrogens is 282 g/mol. The van der Waals surface area contributed by atoms with Crippen molar-refractivity contribution in [3.8, 4) is 0 Å². The molecule has 0 aliphatic carbocycles. The van der Waals surface area contributed by atoms with Gasteiger partial charge >= 0.3 is 0 Å². The molecule has 4 N–H and O–H groups in total. The topological polar surface area (TPSA) is 103 Å². The highest BCUT2D eigenvalue weighted by Crippen LogP contribution is 2.25. The molecule has 0 unspecified atom stereocenters. The molecule has 2 aromatic rings. The summed E-state index contributed by atoms with van der Waals surface area (Å²) in [5.74, 6) is 1.10. The smallest absolute Gasteiger partial charge is 0.229 e. The lowest BCUT2D eigenvalue weighted by atomic mass is 10.1. The molecule has 1 aliphatic heterocycles. The summed E-state index contributed by atoms with van der Waals surface area (Å²) >= 11 is 0. The number of rotatable bonds is 4. The molecule has 0 amide bonds. The maximum absolute atomic E-state index is 5.78. The van der Waals surface area contributed by atoms with Gasteiger partial charge < -0.3 is 21.1 Å². The third-order valence-electron chi connectivity index (χ3n) is 3.78. The van der Waals surface area contributed by atoms with Gasteiger partial charge in [0.1, 0.15) is 0 Å². The number of hydrogen-bond acceptors (Lipinski definition) is 7. The van der Waals surface area contributed by atoms with Gasteiger partial charge in [0.15, 0.2) is 5.82 Å².